The zero-order valence-electron chi connectivity index (χ0n) is 15.2. The molecule has 0 atom stereocenters. The van der Waals surface area contributed by atoms with Gasteiger partial charge < -0.3 is 24.3 Å². The van der Waals surface area contributed by atoms with Crippen LogP contribution < -0.4 is 14.8 Å². The number of rotatable bonds is 7. The smallest absolute Gasteiger partial charge is 0.343 e. The maximum atomic E-state index is 12.3. The minimum absolute atomic E-state index is 0.00464. The van der Waals surface area contributed by atoms with Gasteiger partial charge in [0.05, 0.1) is 24.9 Å². The minimum atomic E-state index is -0.721. The van der Waals surface area contributed by atoms with Crippen LogP contribution in [0.5, 0.6) is 11.5 Å². The number of carbonyl (C=O) groups excluding carboxylic acids is 4. The minimum Gasteiger partial charge on any atom is -0.493 e. The van der Waals surface area contributed by atoms with Gasteiger partial charge in [-0.2, -0.15) is 0 Å². The zero-order chi connectivity index (χ0) is 20.8. The highest BCUT2D eigenvalue weighted by molar-refractivity contribution is 14.1. The van der Waals surface area contributed by atoms with Gasteiger partial charge >= 0.3 is 18.0 Å². The Hall–Kier alpha value is -2.83. The molecule has 1 heterocycles. The summed E-state index contributed by atoms with van der Waals surface area (Å²) in [6.07, 6.45) is 1.44. The quantitative estimate of drug-likeness (QED) is 0.252. The number of hydrogen-bond donors (Lipinski definition) is 1. The molecular formula is C17H17IN2O8. The largest absolute Gasteiger partial charge is 0.493 e. The van der Waals surface area contributed by atoms with E-state index in [1.807, 2.05) is 22.6 Å². The van der Waals surface area contributed by atoms with E-state index in [-0.39, 0.29) is 12.3 Å². The summed E-state index contributed by atoms with van der Waals surface area (Å²) in [7, 11) is 3.84. The van der Waals surface area contributed by atoms with Gasteiger partial charge in [-0.25, -0.2) is 14.5 Å². The molecule has 3 amide bonds. The van der Waals surface area contributed by atoms with Crippen LogP contribution in [0.2, 0.25) is 0 Å². The van der Waals surface area contributed by atoms with Crippen LogP contribution in [0.4, 0.5) is 4.79 Å². The van der Waals surface area contributed by atoms with Gasteiger partial charge in [-0.1, -0.05) is 0 Å². The average Bonchev–Trinajstić information content (AvgIpc) is 2.93. The summed E-state index contributed by atoms with van der Waals surface area (Å²) in [6.45, 7) is -0.778. The van der Waals surface area contributed by atoms with E-state index >= 15 is 0 Å². The Morgan fingerprint density at radius 2 is 1.82 bits per heavy atom. The molecule has 0 bridgehead atoms. The Morgan fingerprint density at radius 3 is 2.43 bits per heavy atom. The lowest BCUT2D eigenvalue weighted by atomic mass is 10.1. The van der Waals surface area contributed by atoms with Crippen molar-refractivity contribution in [3.05, 3.63) is 27.0 Å². The second kappa shape index (κ2) is 9.39. The molecule has 0 saturated carbocycles. The predicted molar refractivity (Wildman–Crippen MR) is 103 cm³/mol. The molecule has 1 N–H and O–H groups in total. The van der Waals surface area contributed by atoms with Crippen LogP contribution in [-0.2, 0) is 23.9 Å². The molecule has 1 aliphatic rings. The van der Waals surface area contributed by atoms with E-state index in [1.54, 1.807) is 12.1 Å². The van der Waals surface area contributed by atoms with Crippen LogP contribution in [0.3, 0.4) is 0 Å². The lowest BCUT2D eigenvalue weighted by molar-refractivity contribution is -0.144. The first-order valence-corrected chi connectivity index (χ1v) is 8.87. The summed E-state index contributed by atoms with van der Waals surface area (Å²) >= 11 is 1.98. The monoisotopic (exact) mass is 504 g/mol. The maximum absolute atomic E-state index is 12.3. The Morgan fingerprint density at radius 1 is 1.14 bits per heavy atom. The van der Waals surface area contributed by atoms with Crippen LogP contribution in [0.25, 0.3) is 6.08 Å². The van der Waals surface area contributed by atoms with E-state index in [4.69, 9.17) is 9.47 Å². The molecule has 2 rings (SSSR count). The topological polar surface area (TPSA) is 120 Å². The maximum Gasteiger partial charge on any atom is 0.343 e. The lowest BCUT2D eigenvalue weighted by Crippen LogP contribution is -2.36. The summed E-state index contributed by atoms with van der Waals surface area (Å²) in [6, 6.07) is 2.52. The predicted octanol–water partition coefficient (Wildman–Crippen LogP) is 0.917. The second-order valence-electron chi connectivity index (χ2n) is 5.35. The number of methoxy groups -OCH3 is 3. The van der Waals surface area contributed by atoms with Gasteiger partial charge in [0.25, 0.3) is 5.91 Å². The Kier molecular flexibility index (Phi) is 7.20. The summed E-state index contributed by atoms with van der Waals surface area (Å²) in [4.78, 5) is 47.6. The van der Waals surface area contributed by atoms with Gasteiger partial charge in [-0.15, -0.1) is 0 Å². The normalized spacial score (nSPS) is 14.7. The third-order valence-corrected chi connectivity index (χ3v) is 4.40. The standard InChI is InChI=1S/C17H17IN2O8/c1-25-12-6-9(4-10(18)15(12)28-8-14(22)27-3)5-11-16(23)20(17(24)19-11)7-13(21)26-2/h4-6H,7-8H2,1-3H3,(H,19,24)/b11-5+. The number of ether oxygens (including phenoxy) is 4. The molecule has 150 valence electrons. The molecule has 0 radical (unpaired) electrons. The molecule has 0 aromatic heterocycles. The molecule has 0 spiro atoms. The summed E-state index contributed by atoms with van der Waals surface area (Å²) in [5.41, 5.74) is 0.533. The molecular weight excluding hydrogens is 487 g/mol. The highest BCUT2D eigenvalue weighted by atomic mass is 127. The molecule has 1 aliphatic heterocycles. The number of esters is 2. The van der Waals surface area contributed by atoms with E-state index in [9.17, 15) is 19.2 Å². The fourth-order valence-corrected chi connectivity index (χ4v) is 3.01. The van der Waals surface area contributed by atoms with Gasteiger partial charge in [0, 0.05) is 0 Å². The third kappa shape index (κ3) is 4.91. The average molecular weight is 504 g/mol. The van der Waals surface area contributed by atoms with Crippen molar-refractivity contribution in [1.82, 2.24) is 10.2 Å². The van der Waals surface area contributed by atoms with Crippen molar-refractivity contribution >= 4 is 52.5 Å². The number of halogens is 1. The second-order valence-corrected chi connectivity index (χ2v) is 6.52. The number of benzene rings is 1. The first-order valence-electron chi connectivity index (χ1n) is 7.79. The molecule has 11 heteroatoms. The van der Waals surface area contributed by atoms with Crippen molar-refractivity contribution in [2.24, 2.45) is 0 Å². The Bertz CT molecular complexity index is 852. The van der Waals surface area contributed by atoms with Gasteiger partial charge in [0.1, 0.15) is 12.2 Å². The molecule has 0 aliphatic carbocycles. The van der Waals surface area contributed by atoms with E-state index in [0.717, 1.165) is 12.0 Å². The van der Waals surface area contributed by atoms with Crippen molar-refractivity contribution in [2.45, 2.75) is 0 Å². The summed E-state index contributed by atoms with van der Waals surface area (Å²) < 4.78 is 20.3. The van der Waals surface area contributed by atoms with Crippen molar-refractivity contribution in [1.29, 1.82) is 0 Å². The fourth-order valence-electron chi connectivity index (χ4n) is 2.23. The number of nitrogens with zero attached hydrogens (tertiary/aromatic N) is 1. The highest BCUT2D eigenvalue weighted by Gasteiger charge is 2.35. The van der Waals surface area contributed by atoms with Gasteiger partial charge in [0.2, 0.25) is 0 Å². The first-order chi connectivity index (χ1) is 13.3. The van der Waals surface area contributed by atoms with Crippen LogP contribution in [0.15, 0.2) is 17.8 Å². The van der Waals surface area contributed by atoms with Crippen molar-refractivity contribution in [3.63, 3.8) is 0 Å². The van der Waals surface area contributed by atoms with Crippen LogP contribution in [0.1, 0.15) is 5.56 Å². The fraction of sp³-hybridized carbons (Fsp3) is 0.294. The number of hydrogen-bond acceptors (Lipinski definition) is 8. The molecule has 0 unspecified atom stereocenters. The van der Waals surface area contributed by atoms with Crippen LogP contribution >= 0.6 is 22.6 Å². The van der Waals surface area contributed by atoms with E-state index < -0.39 is 30.4 Å². The van der Waals surface area contributed by atoms with E-state index in [0.29, 0.717) is 20.6 Å². The Balaban J connectivity index is 2.27. The zero-order valence-corrected chi connectivity index (χ0v) is 17.4. The lowest BCUT2D eigenvalue weighted by Gasteiger charge is -2.13. The van der Waals surface area contributed by atoms with Crippen LogP contribution in [-0.4, -0.2) is 63.3 Å². The number of amides is 3. The number of imide groups is 1. The number of carbonyl (C=O) groups is 4. The summed E-state index contributed by atoms with van der Waals surface area (Å²) in [5, 5.41) is 2.41. The Labute approximate surface area is 173 Å². The summed E-state index contributed by atoms with van der Waals surface area (Å²) in [5.74, 6) is -1.26. The van der Waals surface area contributed by atoms with E-state index in [1.165, 1.54) is 20.3 Å². The van der Waals surface area contributed by atoms with Crippen LogP contribution in [0, 0.1) is 3.57 Å². The van der Waals surface area contributed by atoms with Gasteiger partial charge in [0.15, 0.2) is 18.1 Å². The van der Waals surface area contributed by atoms with Crippen molar-refractivity contribution < 1.29 is 38.1 Å². The third-order valence-electron chi connectivity index (χ3n) is 3.60. The molecule has 1 saturated heterocycles. The van der Waals surface area contributed by atoms with E-state index in [2.05, 4.69) is 14.8 Å². The highest BCUT2D eigenvalue weighted by Crippen LogP contribution is 2.34. The molecule has 1 aromatic carbocycles. The van der Waals surface area contributed by atoms with Gasteiger partial charge in [-0.05, 0) is 46.4 Å². The SMILES string of the molecule is COC(=O)COc1c(I)cc(/C=C2/NC(=O)N(CC(=O)OC)C2=O)cc1OC. The van der Waals surface area contributed by atoms with Crippen molar-refractivity contribution in [2.75, 3.05) is 34.5 Å². The van der Waals surface area contributed by atoms with Crippen molar-refractivity contribution in [3.8, 4) is 11.5 Å². The molecule has 28 heavy (non-hydrogen) atoms. The van der Waals surface area contributed by atoms with Gasteiger partial charge in [-0.3, -0.25) is 9.59 Å². The molecule has 10 nitrogen and oxygen atoms in total. The first kappa shape index (κ1) is 21.5. The molecule has 1 fully saturated rings. The molecule has 1 aromatic rings. The number of nitrogens with one attached hydrogen (secondary N) is 1. The number of urea groups is 1.